The van der Waals surface area contributed by atoms with E-state index in [0.29, 0.717) is 30.5 Å². The average Bonchev–Trinajstić information content (AvgIpc) is 2.64. The molecule has 0 fully saturated rings. The van der Waals surface area contributed by atoms with Gasteiger partial charge in [0.25, 0.3) is 0 Å². The summed E-state index contributed by atoms with van der Waals surface area (Å²) in [5, 5.41) is 3.09. The topological polar surface area (TPSA) is 78.1 Å². The van der Waals surface area contributed by atoms with Gasteiger partial charge in [-0.3, -0.25) is 0 Å². The highest BCUT2D eigenvalue weighted by molar-refractivity contribution is 5.77. The van der Waals surface area contributed by atoms with Crippen molar-refractivity contribution in [3.8, 4) is 17.2 Å². The van der Waals surface area contributed by atoms with E-state index in [1.165, 1.54) is 5.56 Å². The molecule has 0 amide bonds. The molecule has 26 heavy (non-hydrogen) atoms. The number of guanidine groups is 1. The molecule has 6 heteroatoms. The van der Waals surface area contributed by atoms with Crippen molar-refractivity contribution in [3.05, 3.63) is 53.6 Å². The van der Waals surface area contributed by atoms with Gasteiger partial charge in [0, 0.05) is 0 Å². The third kappa shape index (κ3) is 5.88. The molecule has 2 aromatic rings. The van der Waals surface area contributed by atoms with Crippen LogP contribution in [0.25, 0.3) is 0 Å². The molecule has 0 saturated carbocycles. The maximum atomic E-state index is 5.94. The van der Waals surface area contributed by atoms with Gasteiger partial charge >= 0.3 is 0 Å². The van der Waals surface area contributed by atoms with E-state index >= 15 is 0 Å². The Hall–Kier alpha value is -2.89. The number of benzene rings is 2. The summed E-state index contributed by atoms with van der Waals surface area (Å²) in [6.45, 7) is 5.03. The first kappa shape index (κ1) is 19.4. The highest BCUT2D eigenvalue weighted by atomic mass is 16.5. The standard InChI is InChI=1S/C20H27N3O3/c1-14-6-5-7-17(10-14)26-15(2)12-22-20(21)23-13-16-8-9-18(24-3)19(11-16)25-4/h5-11,15H,12-13H2,1-4H3,(H3,21,22,23). The molecule has 140 valence electrons. The molecule has 0 bridgehead atoms. The van der Waals surface area contributed by atoms with Crippen LogP contribution in [-0.4, -0.2) is 32.8 Å². The summed E-state index contributed by atoms with van der Waals surface area (Å²) in [6.07, 6.45) is -0.0355. The summed E-state index contributed by atoms with van der Waals surface area (Å²) in [5.41, 5.74) is 8.09. The average molecular weight is 357 g/mol. The predicted molar refractivity (Wildman–Crippen MR) is 104 cm³/mol. The Kier molecular flexibility index (Phi) is 7.14. The molecule has 0 radical (unpaired) electrons. The lowest BCUT2D eigenvalue weighted by molar-refractivity contribution is 0.224. The fourth-order valence-electron chi connectivity index (χ4n) is 2.42. The zero-order chi connectivity index (χ0) is 18.9. The van der Waals surface area contributed by atoms with E-state index in [4.69, 9.17) is 19.9 Å². The Labute approximate surface area is 155 Å². The molecule has 0 saturated heterocycles. The molecular weight excluding hydrogens is 330 g/mol. The monoisotopic (exact) mass is 357 g/mol. The number of nitrogens with zero attached hydrogens (tertiary/aromatic N) is 1. The third-order valence-electron chi connectivity index (χ3n) is 3.78. The van der Waals surface area contributed by atoms with Crippen molar-refractivity contribution in [2.75, 3.05) is 20.8 Å². The highest BCUT2D eigenvalue weighted by Crippen LogP contribution is 2.27. The summed E-state index contributed by atoms with van der Waals surface area (Å²) < 4.78 is 16.4. The van der Waals surface area contributed by atoms with Crippen LogP contribution >= 0.6 is 0 Å². The van der Waals surface area contributed by atoms with Crippen LogP contribution in [0.4, 0.5) is 0 Å². The van der Waals surface area contributed by atoms with Gasteiger partial charge in [-0.25, -0.2) is 4.99 Å². The maximum Gasteiger partial charge on any atom is 0.189 e. The number of methoxy groups -OCH3 is 2. The number of nitrogens with two attached hydrogens (primary N) is 1. The number of aryl methyl sites for hydroxylation is 1. The molecular formula is C20H27N3O3. The summed E-state index contributed by atoms with van der Waals surface area (Å²) in [6, 6.07) is 13.6. The SMILES string of the molecule is COc1ccc(CN=C(N)NCC(C)Oc2cccc(C)c2)cc1OC. The van der Waals surface area contributed by atoms with Crippen LogP contribution in [0.5, 0.6) is 17.2 Å². The normalized spacial score (nSPS) is 12.4. The van der Waals surface area contributed by atoms with Crippen molar-refractivity contribution in [2.24, 2.45) is 10.7 Å². The minimum Gasteiger partial charge on any atom is -0.493 e. The van der Waals surface area contributed by atoms with Gasteiger partial charge < -0.3 is 25.3 Å². The molecule has 6 nitrogen and oxygen atoms in total. The third-order valence-corrected chi connectivity index (χ3v) is 3.78. The van der Waals surface area contributed by atoms with Crippen molar-refractivity contribution in [1.82, 2.24) is 5.32 Å². The van der Waals surface area contributed by atoms with Gasteiger partial charge in [0.15, 0.2) is 17.5 Å². The summed E-state index contributed by atoms with van der Waals surface area (Å²) in [5.74, 6) is 2.58. The van der Waals surface area contributed by atoms with E-state index in [2.05, 4.69) is 10.3 Å². The molecule has 1 unspecified atom stereocenters. The van der Waals surface area contributed by atoms with Crippen LogP contribution in [0, 0.1) is 6.92 Å². The van der Waals surface area contributed by atoms with Gasteiger partial charge in [0.05, 0.1) is 27.3 Å². The first-order valence-corrected chi connectivity index (χ1v) is 8.50. The first-order chi connectivity index (χ1) is 12.5. The minimum absolute atomic E-state index is 0.0355. The van der Waals surface area contributed by atoms with Crippen LogP contribution in [0.15, 0.2) is 47.5 Å². The fraction of sp³-hybridized carbons (Fsp3) is 0.350. The second-order valence-corrected chi connectivity index (χ2v) is 6.02. The van der Waals surface area contributed by atoms with Gasteiger partial charge in [0.2, 0.25) is 0 Å². The molecule has 0 spiro atoms. The second kappa shape index (κ2) is 9.56. The van der Waals surface area contributed by atoms with E-state index < -0.39 is 0 Å². The van der Waals surface area contributed by atoms with Gasteiger partial charge in [-0.05, 0) is 49.2 Å². The molecule has 0 aromatic heterocycles. The summed E-state index contributed by atoms with van der Waals surface area (Å²) in [7, 11) is 3.22. The lowest BCUT2D eigenvalue weighted by Gasteiger charge is -2.16. The molecule has 0 aliphatic carbocycles. The fourth-order valence-corrected chi connectivity index (χ4v) is 2.42. The highest BCUT2D eigenvalue weighted by Gasteiger charge is 2.06. The zero-order valence-corrected chi connectivity index (χ0v) is 15.8. The number of hydrogen-bond acceptors (Lipinski definition) is 4. The predicted octanol–water partition coefficient (Wildman–Crippen LogP) is 2.88. The van der Waals surface area contributed by atoms with Gasteiger partial charge in [0.1, 0.15) is 11.9 Å². The van der Waals surface area contributed by atoms with E-state index in [0.717, 1.165) is 11.3 Å². The van der Waals surface area contributed by atoms with Gasteiger partial charge in [-0.2, -0.15) is 0 Å². The summed E-state index contributed by atoms with van der Waals surface area (Å²) in [4.78, 5) is 4.35. The Morgan fingerprint density at radius 3 is 2.58 bits per heavy atom. The molecule has 2 rings (SSSR count). The van der Waals surface area contributed by atoms with Crippen molar-refractivity contribution in [1.29, 1.82) is 0 Å². The molecule has 2 aromatic carbocycles. The van der Waals surface area contributed by atoms with E-state index in [1.54, 1.807) is 14.2 Å². The second-order valence-electron chi connectivity index (χ2n) is 6.02. The number of aliphatic imine (C=N–C) groups is 1. The van der Waals surface area contributed by atoms with E-state index in [-0.39, 0.29) is 6.10 Å². The largest absolute Gasteiger partial charge is 0.493 e. The molecule has 1 atom stereocenters. The Bertz CT molecular complexity index is 747. The van der Waals surface area contributed by atoms with Crippen LogP contribution < -0.4 is 25.3 Å². The number of rotatable bonds is 8. The van der Waals surface area contributed by atoms with Crippen molar-refractivity contribution >= 4 is 5.96 Å². The first-order valence-electron chi connectivity index (χ1n) is 8.50. The minimum atomic E-state index is -0.0355. The van der Waals surface area contributed by atoms with E-state index in [9.17, 15) is 0 Å². The van der Waals surface area contributed by atoms with Crippen molar-refractivity contribution in [2.45, 2.75) is 26.5 Å². The zero-order valence-electron chi connectivity index (χ0n) is 15.8. The van der Waals surface area contributed by atoms with Crippen LogP contribution in [-0.2, 0) is 6.54 Å². The Morgan fingerprint density at radius 2 is 1.88 bits per heavy atom. The molecule has 3 N–H and O–H groups in total. The summed E-state index contributed by atoms with van der Waals surface area (Å²) >= 11 is 0. The molecule has 0 aliphatic rings. The van der Waals surface area contributed by atoms with E-state index in [1.807, 2.05) is 56.3 Å². The lowest BCUT2D eigenvalue weighted by atomic mass is 10.2. The van der Waals surface area contributed by atoms with Crippen molar-refractivity contribution in [3.63, 3.8) is 0 Å². The molecule has 0 heterocycles. The number of hydrogen-bond donors (Lipinski definition) is 2. The van der Waals surface area contributed by atoms with Crippen molar-refractivity contribution < 1.29 is 14.2 Å². The quantitative estimate of drug-likeness (QED) is 0.561. The smallest absolute Gasteiger partial charge is 0.189 e. The molecule has 0 aliphatic heterocycles. The number of nitrogens with one attached hydrogen (secondary N) is 1. The maximum absolute atomic E-state index is 5.94. The lowest BCUT2D eigenvalue weighted by Crippen LogP contribution is -2.38. The number of ether oxygens (including phenoxy) is 3. The Balaban J connectivity index is 1.84. The van der Waals surface area contributed by atoms with Crippen LogP contribution in [0.1, 0.15) is 18.1 Å². The van der Waals surface area contributed by atoms with Crippen LogP contribution in [0.2, 0.25) is 0 Å². The van der Waals surface area contributed by atoms with Gasteiger partial charge in [-0.15, -0.1) is 0 Å². The van der Waals surface area contributed by atoms with Gasteiger partial charge in [-0.1, -0.05) is 18.2 Å². The van der Waals surface area contributed by atoms with Crippen LogP contribution in [0.3, 0.4) is 0 Å². The Morgan fingerprint density at radius 1 is 1.12 bits per heavy atom.